The van der Waals surface area contributed by atoms with E-state index >= 15 is 0 Å². The summed E-state index contributed by atoms with van der Waals surface area (Å²) < 4.78 is 5.11. The molecule has 0 unspecified atom stereocenters. The average molecular weight is 237 g/mol. The van der Waals surface area contributed by atoms with Gasteiger partial charge in [-0.1, -0.05) is 30.3 Å². The van der Waals surface area contributed by atoms with E-state index in [4.69, 9.17) is 4.74 Å². The summed E-state index contributed by atoms with van der Waals surface area (Å²) in [5.74, 6) is 0. The Kier molecular flexibility index (Phi) is 4.52. The number of likely N-dealkylation sites (N-methyl/N-ethyl adjacent to an activating group) is 1. The highest BCUT2D eigenvalue weighted by atomic mass is 16.6. The van der Waals surface area contributed by atoms with Gasteiger partial charge in [0.25, 0.3) is 0 Å². The summed E-state index contributed by atoms with van der Waals surface area (Å²) >= 11 is 0. The van der Waals surface area contributed by atoms with Crippen molar-refractivity contribution in [3.05, 3.63) is 35.9 Å². The lowest BCUT2D eigenvalue weighted by Crippen LogP contribution is -2.39. The highest BCUT2D eigenvalue weighted by Crippen LogP contribution is 2.06. The van der Waals surface area contributed by atoms with Crippen LogP contribution in [0.5, 0.6) is 0 Å². The van der Waals surface area contributed by atoms with Crippen LogP contribution in [0.2, 0.25) is 0 Å². The lowest BCUT2D eigenvalue weighted by Gasteiger charge is -2.24. The summed E-state index contributed by atoms with van der Waals surface area (Å²) in [7, 11) is 1.60. The first-order valence-electron chi connectivity index (χ1n) is 5.53. The van der Waals surface area contributed by atoms with Gasteiger partial charge in [-0.05, 0) is 19.4 Å². The summed E-state index contributed by atoms with van der Waals surface area (Å²) in [4.78, 5) is 13.0. The quantitative estimate of drug-likeness (QED) is 0.871. The van der Waals surface area contributed by atoms with Crippen molar-refractivity contribution in [2.75, 3.05) is 13.6 Å². The van der Waals surface area contributed by atoms with Gasteiger partial charge >= 0.3 is 6.09 Å². The van der Waals surface area contributed by atoms with Gasteiger partial charge in [0.2, 0.25) is 0 Å². The number of aliphatic hydroxyl groups is 1. The summed E-state index contributed by atoms with van der Waals surface area (Å²) in [6.45, 7) is 3.78. The van der Waals surface area contributed by atoms with Crippen LogP contribution in [0.15, 0.2) is 30.3 Å². The fourth-order valence-electron chi connectivity index (χ4n) is 1.47. The molecule has 0 bridgehead atoms. The SMILES string of the molecule is CN(CC(C)(C)O)C(=O)OCc1ccccc1. The zero-order valence-electron chi connectivity index (χ0n) is 10.5. The molecule has 17 heavy (non-hydrogen) atoms. The van der Waals surface area contributed by atoms with Crippen LogP contribution in [-0.2, 0) is 11.3 Å². The van der Waals surface area contributed by atoms with Gasteiger partial charge in [0.15, 0.2) is 0 Å². The van der Waals surface area contributed by atoms with Gasteiger partial charge < -0.3 is 14.7 Å². The maximum absolute atomic E-state index is 11.6. The van der Waals surface area contributed by atoms with Crippen molar-refractivity contribution in [1.82, 2.24) is 4.90 Å². The molecule has 1 amide bonds. The molecule has 0 aliphatic heterocycles. The second kappa shape index (κ2) is 5.68. The molecular formula is C13H19NO3. The van der Waals surface area contributed by atoms with E-state index in [0.717, 1.165) is 5.56 Å². The Hall–Kier alpha value is -1.55. The zero-order valence-corrected chi connectivity index (χ0v) is 10.5. The molecule has 4 nitrogen and oxygen atoms in total. The Labute approximate surface area is 102 Å². The molecule has 0 saturated heterocycles. The second-order valence-corrected chi connectivity index (χ2v) is 4.71. The largest absolute Gasteiger partial charge is 0.445 e. The van der Waals surface area contributed by atoms with Gasteiger partial charge in [-0.3, -0.25) is 0 Å². The molecule has 0 saturated carbocycles. The fourth-order valence-corrected chi connectivity index (χ4v) is 1.47. The third kappa shape index (κ3) is 5.36. The van der Waals surface area contributed by atoms with Crippen LogP contribution in [0.3, 0.4) is 0 Å². The predicted molar refractivity (Wildman–Crippen MR) is 65.6 cm³/mol. The third-order valence-corrected chi connectivity index (χ3v) is 2.14. The Bertz CT molecular complexity index is 357. The van der Waals surface area contributed by atoms with Crippen LogP contribution in [0, 0.1) is 0 Å². The summed E-state index contributed by atoms with van der Waals surface area (Å²) in [5.41, 5.74) is 0.0260. The molecule has 0 aromatic heterocycles. The van der Waals surface area contributed by atoms with Crippen molar-refractivity contribution in [3.8, 4) is 0 Å². The van der Waals surface area contributed by atoms with Crippen molar-refractivity contribution in [2.24, 2.45) is 0 Å². The molecule has 0 spiro atoms. The van der Waals surface area contributed by atoms with Crippen molar-refractivity contribution in [1.29, 1.82) is 0 Å². The van der Waals surface area contributed by atoms with E-state index in [1.165, 1.54) is 4.90 Å². The third-order valence-electron chi connectivity index (χ3n) is 2.14. The van der Waals surface area contributed by atoms with Crippen molar-refractivity contribution in [3.63, 3.8) is 0 Å². The van der Waals surface area contributed by atoms with Crippen LogP contribution >= 0.6 is 0 Å². The minimum absolute atomic E-state index is 0.237. The van der Waals surface area contributed by atoms with Gasteiger partial charge in [-0.2, -0.15) is 0 Å². The van der Waals surface area contributed by atoms with Crippen LogP contribution in [0.25, 0.3) is 0 Å². The zero-order chi connectivity index (χ0) is 12.9. The number of ether oxygens (including phenoxy) is 1. The minimum Gasteiger partial charge on any atom is -0.445 e. The Morgan fingerprint density at radius 2 is 1.94 bits per heavy atom. The highest BCUT2D eigenvalue weighted by molar-refractivity contribution is 5.67. The van der Waals surface area contributed by atoms with E-state index in [1.807, 2.05) is 30.3 Å². The predicted octanol–water partition coefficient (Wildman–Crippen LogP) is 2.03. The normalized spacial score (nSPS) is 11.1. The average Bonchev–Trinajstić information content (AvgIpc) is 2.25. The van der Waals surface area contributed by atoms with Gasteiger partial charge in [-0.25, -0.2) is 4.79 Å². The van der Waals surface area contributed by atoms with E-state index in [9.17, 15) is 9.90 Å². The molecule has 1 aromatic rings. The molecule has 0 heterocycles. The lowest BCUT2D eigenvalue weighted by molar-refractivity contribution is 0.0340. The van der Waals surface area contributed by atoms with Crippen molar-refractivity contribution < 1.29 is 14.6 Å². The van der Waals surface area contributed by atoms with E-state index in [-0.39, 0.29) is 13.2 Å². The first kappa shape index (κ1) is 13.5. The van der Waals surface area contributed by atoms with Crippen molar-refractivity contribution in [2.45, 2.75) is 26.1 Å². The number of hydrogen-bond donors (Lipinski definition) is 1. The lowest BCUT2D eigenvalue weighted by atomic mass is 10.1. The second-order valence-electron chi connectivity index (χ2n) is 4.71. The molecule has 94 valence electrons. The van der Waals surface area contributed by atoms with Crippen LogP contribution in [0.1, 0.15) is 19.4 Å². The molecule has 0 radical (unpaired) electrons. The molecule has 1 rings (SSSR count). The van der Waals surface area contributed by atoms with Gasteiger partial charge in [0.05, 0.1) is 12.1 Å². The molecule has 4 heteroatoms. The van der Waals surface area contributed by atoms with Crippen molar-refractivity contribution >= 4 is 6.09 Å². The maximum Gasteiger partial charge on any atom is 0.409 e. The molecule has 0 atom stereocenters. The Balaban J connectivity index is 2.40. The van der Waals surface area contributed by atoms with Crippen LogP contribution in [-0.4, -0.2) is 35.3 Å². The van der Waals surface area contributed by atoms with E-state index in [1.54, 1.807) is 20.9 Å². The Morgan fingerprint density at radius 3 is 2.47 bits per heavy atom. The monoisotopic (exact) mass is 237 g/mol. The molecule has 1 N–H and O–H groups in total. The number of carbonyl (C=O) groups is 1. The summed E-state index contributed by atoms with van der Waals surface area (Å²) in [6, 6.07) is 9.48. The van der Waals surface area contributed by atoms with Gasteiger partial charge in [-0.15, -0.1) is 0 Å². The number of amides is 1. The Morgan fingerprint density at radius 1 is 1.35 bits per heavy atom. The topological polar surface area (TPSA) is 49.8 Å². The first-order chi connectivity index (χ1) is 7.88. The van der Waals surface area contributed by atoms with E-state index in [2.05, 4.69) is 0 Å². The number of carbonyl (C=O) groups excluding carboxylic acids is 1. The van der Waals surface area contributed by atoms with Gasteiger partial charge in [0.1, 0.15) is 6.61 Å². The maximum atomic E-state index is 11.6. The molecule has 0 fully saturated rings. The highest BCUT2D eigenvalue weighted by Gasteiger charge is 2.20. The van der Waals surface area contributed by atoms with E-state index in [0.29, 0.717) is 0 Å². The molecule has 1 aromatic carbocycles. The fraction of sp³-hybridized carbons (Fsp3) is 0.462. The number of rotatable bonds is 4. The minimum atomic E-state index is -0.916. The number of hydrogen-bond acceptors (Lipinski definition) is 3. The van der Waals surface area contributed by atoms with E-state index < -0.39 is 11.7 Å². The number of benzene rings is 1. The molecular weight excluding hydrogens is 218 g/mol. The molecule has 0 aliphatic carbocycles. The summed E-state index contributed by atoms with van der Waals surface area (Å²) in [6.07, 6.45) is -0.434. The van der Waals surface area contributed by atoms with Crippen LogP contribution < -0.4 is 0 Å². The molecule has 0 aliphatic rings. The summed E-state index contributed by atoms with van der Waals surface area (Å²) in [5, 5.41) is 9.57. The van der Waals surface area contributed by atoms with Crippen LogP contribution in [0.4, 0.5) is 4.79 Å². The number of nitrogens with zero attached hydrogens (tertiary/aromatic N) is 1. The first-order valence-corrected chi connectivity index (χ1v) is 5.53. The smallest absolute Gasteiger partial charge is 0.409 e. The standard InChI is InChI=1S/C13H19NO3/c1-13(2,16)10-14(3)12(15)17-9-11-7-5-4-6-8-11/h4-8,16H,9-10H2,1-3H3. The van der Waals surface area contributed by atoms with Gasteiger partial charge in [0, 0.05) is 7.05 Å².